The first kappa shape index (κ1) is 17.6. The van der Waals surface area contributed by atoms with Crippen LogP contribution in [0.5, 0.6) is 0 Å². The average Bonchev–Trinajstić information content (AvgIpc) is 3.08. The van der Waals surface area contributed by atoms with Crippen LogP contribution in [0.15, 0.2) is 36.7 Å². The SMILES string of the molecule is COCCn1ccnc1C1CCCN(C(=O)Cc2cccc(F)c2)C1. The number of likely N-dealkylation sites (tertiary alicyclic amines) is 1. The molecule has 0 saturated carbocycles. The van der Waals surface area contributed by atoms with Crippen LogP contribution in [0.1, 0.15) is 30.1 Å². The first-order chi connectivity index (χ1) is 12.2. The van der Waals surface area contributed by atoms with Gasteiger partial charge in [-0.05, 0) is 30.5 Å². The predicted octanol–water partition coefficient (Wildman–Crippen LogP) is 2.62. The Kier molecular flexibility index (Phi) is 5.81. The Bertz CT molecular complexity index is 716. The molecule has 0 bridgehead atoms. The molecule has 3 rings (SSSR count). The quantitative estimate of drug-likeness (QED) is 0.809. The summed E-state index contributed by atoms with van der Waals surface area (Å²) in [5.74, 6) is 0.990. The first-order valence-electron chi connectivity index (χ1n) is 8.69. The van der Waals surface area contributed by atoms with E-state index >= 15 is 0 Å². The monoisotopic (exact) mass is 345 g/mol. The highest BCUT2D eigenvalue weighted by atomic mass is 19.1. The number of aromatic nitrogens is 2. The number of hydrogen-bond acceptors (Lipinski definition) is 3. The molecule has 1 aliphatic heterocycles. The van der Waals surface area contributed by atoms with E-state index in [4.69, 9.17) is 4.74 Å². The molecule has 25 heavy (non-hydrogen) atoms. The second-order valence-electron chi connectivity index (χ2n) is 6.46. The largest absolute Gasteiger partial charge is 0.383 e. The van der Waals surface area contributed by atoms with E-state index in [1.54, 1.807) is 25.4 Å². The molecular formula is C19H24FN3O2. The number of nitrogens with zero attached hydrogens (tertiary/aromatic N) is 3. The summed E-state index contributed by atoms with van der Waals surface area (Å²) in [6, 6.07) is 6.25. The summed E-state index contributed by atoms with van der Waals surface area (Å²) in [5.41, 5.74) is 0.716. The summed E-state index contributed by atoms with van der Waals surface area (Å²) in [7, 11) is 1.68. The van der Waals surface area contributed by atoms with Crippen molar-refractivity contribution in [1.29, 1.82) is 0 Å². The minimum absolute atomic E-state index is 0.0466. The van der Waals surface area contributed by atoms with E-state index in [1.807, 2.05) is 11.1 Å². The lowest BCUT2D eigenvalue weighted by molar-refractivity contribution is -0.131. The summed E-state index contributed by atoms with van der Waals surface area (Å²) >= 11 is 0. The van der Waals surface area contributed by atoms with Crippen molar-refractivity contribution >= 4 is 5.91 Å². The van der Waals surface area contributed by atoms with Gasteiger partial charge in [-0.3, -0.25) is 4.79 Å². The standard InChI is InChI=1S/C19H24FN3O2/c1-25-11-10-22-9-7-21-19(22)16-5-3-8-23(14-16)18(24)13-15-4-2-6-17(20)12-15/h2,4,6-7,9,12,16H,3,5,8,10-11,13-14H2,1H3. The summed E-state index contributed by atoms with van der Waals surface area (Å²) in [5, 5.41) is 0. The van der Waals surface area contributed by atoms with E-state index in [2.05, 4.69) is 9.55 Å². The number of piperidine rings is 1. The molecule has 0 radical (unpaired) electrons. The lowest BCUT2D eigenvalue weighted by atomic mass is 9.96. The maximum absolute atomic E-state index is 13.3. The van der Waals surface area contributed by atoms with Gasteiger partial charge >= 0.3 is 0 Å². The van der Waals surface area contributed by atoms with Crippen LogP contribution in [0.4, 0.5) is 4.39 Å². The summed E-state index contributed by atoms with van der Waals surface area (Å²) < 4.78 is 20.6. The van der Waals surface area contributed by atoms with Crippen molar-refractivity contribution in [2.24, 2.45) is 0 Å². The molecule has 1 fully saturated rings. The highest BCUT2D eigenvalue weighted by Gasteiger charge is 2.27. The van der Waals surface area contributed by atoms with Gasteiger partial charge in [0.2, 0.25) is 5.91 Å². The van der Waals surface area contributed by atoms with Crippen molar-refractivity contribution in [2.45, 2.75) is 31.7 Å². The van der Waals surface area contributed by atoms with Crippen LogP contribution in [-0.4, -0.2) is 47.2 Å². The molecule has 1 atom stereocenters. The fourth-order valence-corrected chi connectivity index (χ4v) is 3.41. The molecule has 2 aromatic rings. The zero-order valence-electron chi connectivity index (χ0n) is 14.5. The van der Waals surface area contributed by atoms with E-state index < -0.39 is 0 Å². The van der Waals surface area contributed by atoms with Gasteiger partial charge in [0, 0.05) is 45.1 Å². The first-order valence-corrected chi connectivity index (χ1v) is 8.69. The minimum Gasteiger partial charge on any atom is -0.383 e. The summed E-state index contributed by atoms with van der Waals surface area (Å²) in [4.78, 5) is 19.0. The van der Waals surface area contributed by atoms with Crippen LogP contribution in [0.25, 0.3) is 0 Å². The lowest BCUT2D eigenvalue weighted by Crippen LogP contribution is -2.40. The number of imidazole rings is 1. The Balaban J connectivity index is 1.64. The van der Waals surface area contributed by atoms with Crippen LogP contribution >= 0.6 is 0 Å². The van der Waals surface area contributed by atoms with Gasteiger partial charge in [-0.2, -0.15) is 0 Å². The van der Waals surface area contributed by atoms with Gasteiger partial charge < -0.3 is 14.2 Å². The van der Waals surface area contributed by atoms with Gasteiger partial charge in [0.25, 0.3) is 0 Å². The highest BCUT2D eigenvalue weighted by molar-refractivity contribution is 5.79. The number of carbonyl (C=O) groups is 1. The molecular weight excluding hydrogens is 321 g/mol. The van der Waals surface area contributed by atoms with Gasteiger partial charge in [0.15, 0.2) is 0 Å². The minimum atomic E-state index is -0.304. The fourth-order valence-electron chi connectivity index (χ4n) is 3.41. The highest BCUT2D eigenvalue weighted by Crippen LogP contribution is 2.26. The lowest BCUT2D eigenvalue weighted by Gasteiger charge is -2.33. The third-order valence-electron chi connectivity index (χ3n) is 4.67. The van der Waals surface area contributed by atoms with Crippen molar-refractivity contribution in [1.82, 2.24) is 14.5 Å². The predicted molar refractivity (Wildman–Crippen MR) is 92.8 cm³/mol. The van der Waals surface area contributed by atoms with E-state index in [-0.39, 0.29) is 24.1 Å². The molecule has 6 heteroatoms. The molecule has 1 saturated heterocycles. The maximum atomic E-state index is 13.3. The number of benzene rings is 1. The Morgan fingerprint density at radius 3 is 3.12 bits per heavy atom. The number of carbonyl (C=O) groups excluding carboxylic acids is 1. The number of hydrogen-bond donors (Lipinski definition) is 0. The number of methoxy groups -OCH3 is 1. The molecule has 1 aromatic heterocycles. The van der Waals surface area contributed by atoms with E-state index in [0.29, 0.717) is 18.7 Å². The van der Waals surface area contributed by atoms with Crippen molar-refractivity contribution in [2.75, 3.05) is 26.8 Å². The van der Waals surface area contributed by atoms with Crippen LogP contribution < -0.4 is 0 Å². The smallest absolute Gasteiger partial charge is 0.227 e. The van der Waals surface area contributed by atoms with Crippen LogP contribution in [0.3, 0.4) is 0 Å². The second-order valence-corrected chi connectivity index (χ2v) is 6.46. The van der Waals surface area contributed by atoms with Crippen molar-refractivity contribution in [3.05, 3.63) is 53.9 Å². The second kappa shape index (κ2) is 8.25. The molecule has 2 heterocycles. The van der Waals surface area contributed by atoms with Crippen molar-refractivity contribution in [3.8, 4) is 0 Å². The van der Waals surface area contributed by atoms with Gasteiger partial charge in [0.1, 0.15) is 11.6 Å². The molecule has 1 amide bonds. The fraction of sp³-hybridized carbons (Fsp3) is 0.474. The summed E-state index contributed by atoms with van der Waals surface area (Å²) in [6.07, 6.45) is 5.98. The Morgan fingerprint density at radius 2 is 2.32 bits per heavy atom. The van der Waals surface area contributed by atoms with Crippen molar-refractivity contribution < 1.29 is 13.9 Å². The van der Waals surface area contributed by atoms with E-state index in [1.165, 1.54) is 12.1 Å². The maximum Gasteiger partial charge on any atom is 0.227 e. The van der Waals surface area contributed by atoms with Gasteiger partial charge in [-0.15, -0.1) is 0 Å². The molecule has 0 aliphatic carbocycles. The summed E-state index contributed by atoms with van der Waals surface area (Å²) in [6.45, 7) is 2.82. The number of rotatable bonds is 6. The third-order valence-corrected chi connectivity index (χ3v) is 4.67. The van der Waals surface area contributed by atoms with E-state index in [9.17, 15) is 9.18 Å². The van der Waals surface area contributed by atoms with Crippen LogP contribution in [0, 0.1) is 5.82 Å². The van der Waals surface area contributed by atoms with Crippen molar-refractivity contribution in [3.63, 3.8) is 0 Å². The zero-order valence-corrected chi connectivity index (χ0v) is 14.5. The Hall–Kier alpha value is -2.21. The molecule has 1 aliphatic rings. The number of amides is 1. The number of ether oxygens (including phenoxy) is 1. The van der Waals surface area contributed by atoms with Crippen LogP contribution in [-0.2, 0) is 22.5 Å². The van der Waals surface area contributed by atoms with E-state index in [0.717, 1.165) is 31.8 Å². The Morgan fingerprint density at radius 1 is 1.44 bits per heavy atom. The molecule has 0 N–H and O–H groups in total. The average molecular weight is 345 g/mol. The van der Waals surface area contributed by atoms with Gasteiger partial charge in [0.05, 0.1) is 13.0 Å². The molecule has 0 spiro atoms. The molecule has 1 unspecified atom stereocenters. The topological polar surface area (TPSA) is 47.4 Å². The normalized spacial score (nSPS) is 17.7. The number of halogens is 1. The molecule has 5 nitrogen and oxygen atoms in total. The van der Waals surface area contributed by atoms with Gasteiger partial charge in [-0.25, -0.2) is 9.37 Å². The molecule has 1 aromatic carbocycles. The Labute approximate surface area is 147 Å². The zero-order chi connectivity index (χ0) is 17.6. The van der Waals surface area contributed by atoms with Gasteiger partial charge in [-0.1, -0.05) is 12.1 Å². The van der Waals surface area contributed by atoms with Crippen LogP contribution in [0.2, 0.25) is 0 Å². The molecule has 134 valence electrons. The third kappa shape index (κ3) is 4.45.